The molecule has 1 atom stereocenters. The normalized spacial score (nSPS) is 12.0. The molecule has 0 aliphatic carbocycles. The molecule has 27 heavy (non-hydrogen) atoms. The lowest BCUT2D eigenvalue weighted by Crippen LogP contribution is -2.32. The number of nitrogens with one attached hydrogen (secondary N) is 1. The predicted molar refractivity (Wildman–Crippen MR) is 105 cm³/mol. The van der Waals surface area contributed by atoms with Crippen molar-refractivity contribution in [1.29, 1.82) is 0 Å². The molecule has 140 valence electrons. The Morgan fingerprint density at radius 1 is 1.15 bits per heavy atom. The van der Waals surface area contributed by atoms with E-state index in [0.29, 0.717) is 17.3 Å². The van der Waals surface area contributed by atoms with Crippen molar-refractivity contribution >= 4 is 21.8 Å². The van der Waals surface area contributed by atoms with Crippen molar-refractivity contribution in [3.8, 4) is 17.1 Å². The van der Waals surface area contributed by atoms with Crippen LogP contribution in [-0.2, 0) is 0 Å². The first-order valence-electron chi connectivity index (χ1n) is 8.53. The van der Waals surface area contributed by atoms with Gasteiger partial charge in [-0.3, -0.25) is 4.79 Å². The molecule has 2 aromatic carbocycles. The van der Waals surface area contributed by atoms with Crippen LogP contribution in [0, 0.1) is 5.92 Å². The second-order valence-corrected chi connectivity index (χ2v) is 7.21. The van der Waals surface area contributed by atoms with Gasteiger partial charge < -0.3 is 14.6 Å². The first-order chi connectivity index (χ1) is 13.0. The quantitative estimate of drug-likeness (QED) is 0.617. The summed E-state index contributed by atoms with van der Waals surface area (Å²) in [5.41, 5.74) is 1.36. The summed E-state index contributed by atoms with van der Waals surface area (Å²) in [5, 5.41) is 7.04. The van der Waals surface area contributed by atoms with Gasteiger partial charge in [-0.1, -0.05) is 31.1 Å². The fourth-order valence-electron chi connectivity index (χ4n) is 2.60. The summed E-state index contributed by atoms with van der Waals surface area (Å²) in [6.07, 6.45) is 0. The van der Waals surface area contributed by atoms with E-state index >= 15 is 0 Å². The van der Waals surface area contributed by atoms with Crippen LogP contribution in [0.25, 0.3) is 11.4 Å². The topological polar surface area (TPSA) is 77.3 Å². The van der Waals surface area contributed by atoms with Gasteiger partial charge in [0.05, 0.1) is 12.7 Å². The Kier molecular flexibility index (Phi) is 5.91. The summed E-state index contributed by atoms with van der Waals surface area (Å²) < 4.78 is 11.3. The van der Waals surface area contributed by atoms with Gasteiger partial charge in [-0.15, -0.1) is 0 Å². The number of hydrogen-bond donors (Lipinski definition) is 1. The van der Waals surface area contributed by atoms with Gasteiger partial charge in [-0.2, -0.15) is 4.98 Å². The van der Waals surface area contributed by atoms with Crippen LogP contribution in [0.2, 0.25) is 0 Å². The third kappa shape index (κ3) is 4.36. The number of aromatic nitrogens is 2. The average molecular weight is 430 g/mol. The van der Waals surface area contributed by atoms with E-state index in [2.05, 4.69) is 31.4 Å². The monoisotopic (exact) mass is 429 g/mol. The van der Waals surface area contributed by atoms with Gasteiger partial charge >= 0.3 is 0 Å². The van der Waals surface area contributed by atoms with Gasteiger partial charge in [0.15, 0.2) is 0 Å². The number of carbonyl (C=O) groups is 1. The van der Waals surface area contributed by atoms with E-state index in [1.807, 2.05) is 56.3 Å². The van der Waals surface area contributed by atoms with Crippen molar-refractivity contribution in [1.82, 2.24) is 15.5 Å². The van der Waals surface area contributed by atoms with E-state index in [-0.39, 0.29) is 11.8 Å². The molecule has 0 radical (unpaired) electrons. The van der Waals surface area contributed by atoms with E-state index in [0.717, 1.165) is 15.8 Å². The number of nitrogens with zero attached hydrogens (tertiary/aromatic N) is 2. The highest BCUT2D eigenvalue weighted by Crippen LogP contribution is 2.26. The summed E-state index contributed by atoms with van der Waals surface area (Å²) in [6.45, 7) is 3.98. The third-order valence-electron chi connectivity index (χ3n) is 4.13. The summed E-state index contributed by atoms with van der Waals surface area (Å²) in [4.78, 5) is 17.1. The molecule has 3 rings (SSSR count). The lowest BCUT2D eigenvalue weighted by atomic mass is 10.0. The third-order valence-corrected chi connectivity index (χ3v) is 4.82. The van der Waals surface area contributed by atoms with Crippen LogP contribution < -0.4 is 10.1 Å². The minimum Gasteiger partial charge on any atom is -0.497 e. The SMILES string of the molecule is COc1ccc(-c2noc(C(NC(=O)c3ccccc3Br)C(C)C)n2)cc1. The van der Waals surface area contributed by atoms with E-state index in [4.69, 9.17) is 9.26 Å². The maximum absolute atomic E-state index is 12.7. The first kappa shape index (κ1) is 19.1. The summed E-state index contributed by atoms with van der Waals surface area (Å²) in [7, 11) is 1.61. The van der Waals surface area contributed by atoms with Gasteiger partial charge in [0.1, 0.15) is 11.8 Å². The van der Waals surface area contributed by atoms with Crippen LogP contribution >= 0.6 is 15.9 Å². The molecule has 1 aromatic heterocycles. The van der Waals surface area contributed by atoms with Crippen LogP contribution in [0.4, 0.5) is 0 Å². The number of ether oxygens (including phenoxy) is 1. The Hall–Kier alpha value is -2.67. The standard InChI is InChI=1S/C20H20BrN3O3/c1-12(2)17(22-19(25)15-6-4-5-7-16(15)21)20-23-18(24-27-20)13-8-10-14(26-3)11-9-13/h4-12,17H,1-3H3,(H,22,25). The summed E-state index contributed by atoms with van der Waals surface area (Å²) in [6, 6.07) is 14.2. The van der Waals surface area contributed by atoms with Crippen molar-refractivity contribution in [2.24, 2.45) is 5.92 Å². The van der Waals surface area contributed by atoms with Gasteiger partial charge in [-0.25, -0.2) is 0 Å². The summed E-state index contributed by atoms with van der Waals surface area (Å²) in [5.74, 6) is 1.46. The molecule has 0 aliphatic rings. The Morgan fingerprint density at radius 3 is 2.48 bits per heavy atom. The molecule has 6 nitrogen and oxygen atoms in total. The lowest BCUT2D eigenvalue weighted by Gasteiger charge is -2.18. The number of benzene rings is 2. The highest BCUT2D eigenvalue weighted by Gasteiger charge is 2.26. The molecule has 1 heterocycles. The molecule has 1 N–H and O–H groups in total. The van der Waals surface area contributed by atoms with E-state index in [1.54, 1.807) is 13.2 Å². The second kappa shape index (κ2) is 8.35. The number of amides is 1. The highest BCUT2D eigenvalue weighted by atomic mass is 79.9. The molecule has 0 fully saturated rings. The summed E-state index contributed by atoms with van der Waals surface area (Å²) >= 11 is 3.40. The molecule has 0 spiro atoms. The van der Waals surface area contributed by atoms with Gasteiger partial charge in [-0.05, 0) is 58.2 Å². The Balaban J connectivity index is 1.82. The van der Waals surface area contributed by atoms with Crippen molar-refractivity contribution in [3.63, 3.8) is 0 Å². The van der Waals surface area contributed by atoms with E-state index in [9.17, 15) is 4.79 Å². The molecule has 0 saturated carbocycles. The smallest absolute Gasteiger partial charge is 0.253 e. The number of carbonyl (C=O) groups excluding carboxylic acids is 1. The fourth-order valence-corrected chi connectivity index (χ4v) is 3.06. The van der Waals surface area contributed by atoms with Gasteiger partial charge in [0, 0.05) is 10.0 Å². The number of methoxy groups -OCH3 is 1. The first-order valence-corrected chi connectivity index (χ1v) is 9.32. The van der Waals surface area contributed by atoms with Crippen molar-refractivity contribution < 1.29 is 14.1 Å². The van der Waals surface area contributed by atoms with Crippen LogP contribution in [-0.4, -0.2) is 23.2 Å². The highest BCUT2D eigenvalue weighted by molar-refractivity contribution is 9.10. The molecule has 7 heteroatoms. The maximum Gasteiger partial charge on any atom is 0.253 e. The zero-order valence-corrected chi connectivity index (χ0v) is 16.9. The Labute approximate surface area is 166 Å². The molecule has 3 aromatic rings. The number of hydrogen-bond acceptors (Lipinski definition) is 5. The molecular weight excluding hydrogens is 410 g/mol. The van der Waals surface area contributed by atoms with E-state index in [1.165, 1.54) is 0 Å². The minimum atomic E-state index is -0.399. The molecule has 0 saturated heterocycles. The van der Waals surface area contributed by atoms with Crippen LogP contribution in [0.15, 0.2) is 57.5 Å². The number of halogens is 1. The van der Waals surface area contributed by atoms with Crippen LogP contribution in [0.5, 0.6) is 5.75 Å². The average Bonchev–Trinajstić information content (AvgIpc) is 3.16. The molecule has 0 aliphatic heterocycles. The fraction of sp³-hybridized carbons (Fsp3) is 0.250. The van der Waals surface area contributed by atoms with Crippen molar-refractivity contribution in [3.05, 3.63) is 64.5 Å². The minimum absolute atomic E-state index is 0.0700. The van der Waals surface area contributed by atoms with E-state index < -0.39 is 6.04 Å². The van der Waals surface area contributed by atoms with Crippen molar-refractivity contribution in [2.45, 2.75) is 19.9 Å². The predicted octanol–water partition coefficient (Wildman–Crippen LogP) is 4.63. The van der Waals surface area contributed by atoms with Gasteiger partial charge in [0.2, 0.25) is 11.7 Å². The second-order valence-electron chi connectivity index (χ2n) is 6.36. The zero-order valence-electron chi connectivity index (χ0n) is 15.3. The zero-order chi connectivity index (χ0) is 19.4. The molecular formula is C20H20BrN3O3. The lowest BCUT2D eigenvalue weighted by molar-refractivity contribution is 0.0913. The van der Waals surface area contributed by atoms with Crippen molar-refractivity contribution in [2.75, 3.05) is 7.11 Å². The Morgan fingerprint density at radius 2 is 1.85 bits per heavy atom. The van der Waals surface area contributed by atoms with Gasteiger partial charge in [0.25, 0.3) is 5.91 Å². The largest absolute Gasteiger partial charge is 0.497 e. The molecule has 0 bridgehead atoms. The number of rotatable bonds is 6. The molecule has 1 amide bonds. The maximum atomic E-state index is 12.7. The Bertz CT molecular complexity index is 922. The van der Waals surface area contributed by atoms with Crippen LogP contribution in [0.1, 0.15) is 36.1 Å². The van der Waals surface area contributed by atoms with Crippen LogP contribution in [0.3, 0.4) is 0 Å². The molecule has 1 unspecified atom stereocenters.